The molecule has 1 amide bonds. The Labute approximate surface area is 178 Å². The number of esters is 1. The summed E-state index contributed by atoms with van der Waals surface area (Å²) in [7, 11) is 0. The van der Waals surface area contributed by atoms with E-state index in [1.807, 2.05) is 0 Å². The molecule has 0 unspecified atom stereocenters. The van der Waals surface area contributed by atoms with Gasteiger partial charge in [-0.1, -0.05) is 0 Å². The number of β-lactam (4-membered cyclic amide) rings is 1. The fourth-order valence-corrected chi connectivity index (χ4v) is 3.85. The molecule has 1 aromatic heterocycles. The molecule has 138 valence electrons. The maximum Gasteiger partial charge on any atom is 1.00 e. The number of fused-ring (bicyclic) bond motifs is 1. The first kappa shape index (κ1) is 21.3. The van der Waals surface area contributed by atoms with Gasteiger partial charge in [0.1, 0.15) is 24.0 Å². The zero-order valence-electron chi connectivity index (χ0n) is 14.4. The van der Waals surface area contributed by atoms with Gasteiger partial charge in [0.15, 0.2) is 6.04 Å². The third kappa shape index (κ3) is 4.48. The summed E-state index contributed by atoms with van der Waals surface area (Å²) in [4.78, 5) is 39.8. The van der Waals surface area contributed by atoms with Crippen molar-refractivity contribution in [3.8, 4) is 0 Å². The third-order valence-corrected chi connectivity index (χ3v) is 4.97. The van der Waals surface area contributed by atoms with Gasteiger partial charge in [0.25, 0.3) is 5.91 Å². The normalized spacial score (nSPS) is 21.9. The molecule has 0 aliphatic carbocycles. The first-order valence-electron chi connectivity index (χ1n) is 7.36. The number of carbonyl (C=O) groups is 3. The van der Waals surface area contributed by atoms with Crippen LogP contribution in [-0.2, 0) is 25.7 Å². The van der Waals surface area contributed by atoms with Crippen molar-refractivity contribution in [1.29, 1.82) is 0 Å². The number of ether oxygens (including phenoxy) is 1. The Kier molecular flexibility index (Phi) is 6.97. The van der Waals surface area contributed by atoms with Crippen molar-refractivity contribution < 1.29 is 58.9 Å². The average molecular weight is 404 g/mol. The monoisotopic (exact) mass is 404 g/mol. The molecule has 1 saturated heterocycles. The van der Waals surface area contributed by atoms with Crippen LogP contribution in [0, 0.1) is 0 Å². The van der Waals surface area contributed by atoms with Crippen molar-refractivity contribution in [2.75, 3.05) is 12.4 Å². The summed E-state index contributed by atoms with van der Waals surface area (Å²) in [5.41, 5.74) is 0.0974. The molecule has 3 rings (SSSR count). The smallest absolute Gasteiger partial charge is 0.861 e. The molecule has 0 aromatic carbocycles. The minimum Gasteiger partial charge on any atom is -0.861 e. The SMILES string of the molecule is CC(=O)OCC1=C(C(=O)O)N2C(=O)[C@H](N=C([O-])Cn3cnnn3)[C@H]2SC1.[Na+]. The van der Waals surface area contributed by atoms with Crippen LogP contribution in [0.2, 0.25) is 0 Å². The molecule has 27 heavy (non-hydrogen) atoms. The van der Waals surface area contributed by atoms with Gasteiger partial charge in [-0.2, -0.15) is 0 Å². The topological polar surface area (TPSA) is 163 Å². The van der Waals surface area contributed by atoms with E-state index in [2.05, 4.69) is 20.5 Å². The summed E-state index contributed by atoms with van der Waals surface area (Å²) >= 11 is 1.26. The van der Waals surface area contributed by atoms with E-state index in [1.165, 1.54) is 29.7 Å². The van der Waals surface area contributed by atoms with E-state index >= 15 is 0 Å². The van der Waals surface area contributed by atoms with Crippen LogP contribution in [0.1, 0.15) is 6.92 Å². The quantitative estimate of drug-likeness (QED) is 0.159. The first-order chi connectivity index (χ1) is 12.4. The van der Waals surface area contributed by atoms with Crippen LogP contribution in [0.3, 0.4) is 0 Å². The Morgan fingerprint density at radius 2 is 2.26 bits per heavy atom. The number of aliphatic imine (C=N–C) groups is 1. The Balaban J connectivity index is 0.00000261. The fraction of sp³-hybridized carbons (Fsp3) is 0.462. The number of amides is 1. The molecular formula is C13H13N6NaO6S. The number of rotatable bonds is 6. The van der Waals surface area contributed by atoms with Gasteiger partial charge in [0.05, 0.1) is 6.54 Å². The predicted molar refractivity (Wildman–Crippen MR) is 83.4 cm³/mol. The van der Waals surface area contributed by atoms with E-state index in [1.54, 1.807) is 0 Å². The number of carbonyl (C=O) groups excluding carboxylic acids is 2. The number of carboxylic acids is 1. The van der Waals surface area contributed by atoms with Crippen LogP contribution >= 0.6 is 11.8 Å². The Morgan fingerprint density at radius 1 is 1.52 bits per heavy atom. The molecule has 1 aromatic rings. The van der Waals surface area contributed by atoms with Crippen molar-refractivity contribution in [2.24, 2.45) is 4.99 Å². The maximum atomic E-state index is 12.3. The summed E-state index contributed by atoms with van der Waals surface area (Å²) in [5, 5.41) is 31.1. The molecule has 2 aliphatic rings. The number of hydrogen-bond donors (Lipinski definition) is 1. The van der Waals surface area contributed by atoms with Crippen molar-refractivity contribution in [3.05, 3.63) is 17.6 Å². The molecule has 3 heterocycles. The van der Waals surface area contributed by atoms with Crippen molar-refractivity contribution >= 4 is 35.5 Å². The number of carboxylic acid groups (broad SMARTS) is 1. The van der Waals surface area contributed by atoms with Gasteiger partial charge in [-0.15, -0.1) is 16.9 Å². The molecule has 12 nitrogen and oxygen atoms in total. The van der Waals surface area contributed by atoms with Crippen molar-refractivity contribution in [3.63, 3.8) is 0 Å². The van der Waals surface area contributed by atoms with E-state index < -0.39 is 35.2 Å². The molecule has 0 spiro atoms. The fourth-order valence-electron chi connectivity index (χ4n) is 2.54. The number of aromatic nitrogens is 4. The van der Waals surface area contributed by atoms with Gasteiger partial charge in [0.2, 0.25) is 0 Å². The van der Waals surface area contributed by atoms with Gasteiger partial charge in [-0.25, -0.2) is 9.48 Å². The minimum absolute atomic E-state index is 0. The second-order valence-electron chi connectivity index (χ2n) is 5.42. The van der Waals surface area contributed by atoms with Crippen LogP contribution in [0.5, 0.6) is 0 Å². The van der Waals surface area contributed by atoms with Crippen molar-refractivity contribution in [2.45, 2.75) is 24.9 Å². The standard InChI is InChI=1S/C13H14N6O6S.Na/c1-6(20)25-3-7-4-26-12-9(11(22)19(12)10(7)13(23)24)15-8(21)2-18-5-14-16-17-18;/h5,9,12H,2-4H2,1H3,(H,15,21)(H,23,24);/q;+1/p-1/t9-,12+;/m0./s1. The van der Waals surface area contributed by atoms with Crippen LogP contribution in [0.15, 0.2) is 22.6 Å². The zero-order valence-corrected chi connectivity index (χ0v) is 17.2. The summed E-state index contributed by atoms with van der Waals surface area (Å²) in [6.45, 7) is 0.785. The molecule has 14 heteroatoms. The maximum absolute atomic E-state index is 12.3. The predicted octanol–water partition coefficient (Wildman–Crippen LogP) is -5.38. The van der Waals surface area contributed by atoms with Crippen LogP contribution in [-0.4, -0.2) is 77.7 Å². The zero-order chi connectivity index (χ0) is 18.8. The van der Waals surface area contributed by atoms with Crippen LogP contribution in [0.4, 0.5) is 0 Å². The average Bonchev–Trinajstić information content (AvgIpc) is 3.09. The van der Waals surface area contributed by atoms with Crippen LogP contribution in [0.25, 0.3) is 0 Å². The summed E-state index contributed by atoms with van der Waals surface area (Å²) in [6, 6.07) is -0.964. The van der Waals surface area contributed by atoms with E-state index in [9.17, 15) is 24.6 Å². The van der Waals surface area contributed by atoms with Gasteiger partial charge >= 0.3 is 41.5 Å². The molecule has 0 saturated carbocycles. The molecule has 2 atom stereocenters. The molecule has 1 N–H and O–H groups in total. The van der Waals surface area contributed by atoms with Gasteiger partial charge < -0.3 is 14.9 Å². The Bertz CT molecular complexity index is 812. The molecule has 2 aliphatic heterocycles. The number of thioether (sulfide) groups is 1. The molecule has 0 bridgehead atoms. The summed E-state index contributed by atoms with van der Waals surface area (Å²) in [5.74, 6) is -2.79. The minimum atomic E-state index is -1.30. The van der Waals surface area contributed by atoms with E-state index in [4.69, 9.17) is 4.74 Å². The van der Waals surface area contributed by atoms with Crippen molar-refractivity contribution in [1.82, 2.24) is 25.1 Å². The van der Waals surface area contributed by atoms with E-state index in [-0.39, 0.29) is 54.2 Å². The second kappa shape index (κ2) is 8.82. The largest absolute Gasteiger partial charge is 1.00 e. The number of hydrogen-bond acceptors (Lipinski definition) is 10. The molecule has 1 fully saturated rings. The van der Waals surface area contributed by atoms with E-state index in [0.29, 0.717) is 5.57 Å². The van der Waals surface area contributed by atoms with Gasteiger partial charge in [-0.05, 0) is 16.3 Å². The van der Waals surface area contributed by atoms with E-state index in [0.717, 1.165) is 4.90 Å². The molecular weight excluding hydrogens is 391 g/mol. The van der Waals surface area contributed by atoms with Gasteiger partial charge in [-0.3, -0.25) is 19.5 Å². The summed E-state index contributed by atoms with van der Waals surface area (Å²) in [6.07, 6.45) is 1.24. The second-order valence-corrected chi connectivity index (χ2v) is 6.53. The number of tetrazole rings is 1. The third-order valence-electron chi connectivity index (χ3n) is 3.64. The Morgan fingerprint density at radius 3 is 2.85 bits per heavy atom. The first-order valence-corrected chi connectivity index (χ1v) is 8.41. The Hall–Kier alpha value is -1.96. The van der Waals surface area contributed by atoms with Gasteiger partial charge in [0, 0.05) is 18.2 Å². The van der Waals surface area contributed by atoms with Crippen LogP contribution < -0.4 is 34.7 Å². The summed E-state index contributed by atoms with van der Waals surface area (Å²) < 4.78 is 6.01. The number of nitrogens with zero attached hydrogens (tertiary/aromatic N) is 6. The number of aliphatic carboxylic acids is 1. The molecule has 0 radical (unpaired) electrons.